The van der Waals surface area contributed by atoms with Crippen LogP contribution in [0, 0.1) is 11.3 Å². The van der Waals surface area contributed by atoms with Crippen LogP contribution in [0.4, 0.5) is 13.2 Å². The molecule has 0 spiro atoms. The Kier molecular flexibility index (Phi) is 5.17. The lowest BCUT2D eigenvalue weighted by atomic mass is 10.1. The van der Waals surface area contributed by atoms with Gasteiger partial charge in [0, 0.05) is 37.6 Å². The number of hydrogen-bond acceptors (Lipinski definition) is 6. The normalized spacial score (nSPS) is 15.5. The highest BCUT2D eigenvalue weighted by atomic mass is 19.4. The molecule has 4 heterocycles. The Morgan fingerprint density at radius 2 is 1.90 bits per heavy atom. The van der Waals surface area contributed by atoms with Gasteiger partial charge in [-0.25, -0.2) is 9.67 Å². The molecule has 1 aliphatic rings. The number of fused-ring (bicyclic) bond motifs is 1. The van der Waals surface area contributed by atoms with Gasteiger partial charge in [-0.15, -0.1) is 0 Å². The summed E-state index contributed by atoms with van der Waals surface area (Å²) >= 11 is 0. The van der Waals surface area contributed by atoms with Crippen LogP contribution >= 0.6 is 0 Å². The second kappa shape index (κ2) is 7.77. The molecular weight excluding hydrogens is 385 g/mol. The number of halogens is 3. The molecule has 0 N–H and O–H groups in total. The Hall–Kier alpha value is -3.03. The van der Waals surface area contributed by atoms with Gasteiger partial charge in [-0.3, -0.25) is 9.88 Å². The van der Waals surface area contributed by atoms with Crippen molar-refractivity contribution in [1.29, 1.82) is 5.26 Å². The molecule has 4 rings (SSSR count). The molecule has 10 heteroatoms. The minimum absolute atomic E-state index is 0.0485. The Morgan fingerprint density at radius 3 is 2.62 bits per heavy atom. The van der Waals surface area contributed by atoms with Gasteiger partial charge in [-0.2, -0.15) is 23.5 Å². The molecule has 0 atom stereocenters. The Morgan fingerprint density at radius 1 is 1.10 bits per heavy atom. The molecule has 0 bridgehead atoms. The van der Waals surface area contributed by atoms with E-state index in [2.05, 4.69) is 20.0 Å². The van der Waals surface area contributed by atoms with Crippen molar-refractivity contribution in [3.05, 3.63) is 41.9 Å². The molecule has 7 nitrogen and oxygen atoms in total. The first kappa shape index (κ1) is 19.3. The Labute approximate surface area is 164 Å². The van der Waals surface area contributed by atoms with Crippen LogP contribution in [-0.4, -0.2) is 57.5 Å². The minimum Gasteiger partial charge on any atom is -0.379 e. The molecule has 0 saturated carbocycles. The summed E-state index contributed by atoms with van der Waals surface area (Å²) in [5.74, 6) is 0. The number of alkyl halides is 3. The van der Waals surface area contributed by atoms with Gasteiger partial charge < -0.3 is 4.74 Å². The zero-order valence-corrected chi connectivity index (χ0v) is 15.4. The molecule has 0 unspecified atom stereocenters. The molecule has 0 amide bonds. The second-order valence-corrected chi connectivity index (χ2v) is 6.69. The van der Waals surface area contributed by atoms with Crippen molar-refractivity contribution in [2.24, 2.45) is 0 Å². The van der Waals surface area contributed by atoms with Crippen LogP contribution in [0.5, 0.6) is 0 Å². The maximum absolute atomic E-state index is 13.7. The summed E-state index contributed by atoms with van der Waals surface area (Å²) in [6.45, 7) is 3.88. The molecule has 1 aliphatic heterocycles. The van der Waals surface area contributed by atoms with Crippen LogP contribution in [-0.2, 0) is 17.5 Å². The van der Waals surface area contributed by atoms with Crippen LogP contribution in [0.3, 0.4) is 0 Å². The van der Waals surface area contributed by atoms with Gasteiger partial charge in [0.05, 0.1) is 48.2 Å². The summed E-state index contributed by atoms with van der Waals surface area (Å²) in [7, 11) is 0. The van der Waals surface area contributed by atoms with Gasteiger partial charge in [0.2, 0.25) is 0 Å². The van der Waals surface area contributed by atoms with E-state index in [9.17, 15) is 13.2 Å². The molecule has 0 aromatic carbocycles. The SMILES string of the molecule is N#Cc1cncc(-c2cc(C(F)(F)F)c3cnn(CCN4CCOCC4)c3n2)c1. The van der Waals surface area contributed by atoms with E-state index in [1.165, 1.54) is 29.3 Å². The Bertz CT molecular complexity index is 1070. The van der Waals surface area contributed by atoms with E-state index < -0.39 is 11.7 Å². The van der Waals surface area contributed by atoms with Crippen molar-refractivity contribution in [3.8, 4) is 17.3 Å². The number of morpholine rings is 1. The van der Waals surface area contributed by atoms with E-state index in [0.29, 0.717) is 31.9 Å². The minimum atomic E-state index is -4.56. The molecule has 3 aromatic rings. The second-order valence-electron chi connectivity index (χ2n) is 6.69. The molecule has 0 aliphatic carbocycles. The highest BCUT2D eigenvalue weighted by Gasteiger charge is 2.34. The lowest BCUT2D eigenvalue weighted by molar-refractivity contribution is -0.136. The van der Waals surface area contributed by atoms with Crippen LogP contribution < -0.4 is 0 Å². The highest BCUT2D eigenvalue weighted by molar-refractivity contribution is 5.83. The summed E-state index contributed by atoms with van der Waals surface area (Å²) in [4.78, 5) is 10.5. The van der Waals surface area contributed by atoms with Crippen LogP contribution in [0.25, 0.3) is 22.3 Å². The van der Waals surface area contributed by atoms with Crippen LogP contribution in [0.1, 0.15) is 11.1 Å². The fourth-order valence-corrected chi connectivity index (χ4v) is 3.30. The molecule has 29 heavy (non-hydrogen) atoms. The van der Waals surface area contributed by atoms with Crippen molar-refractivity contribution in [3.63, 3.8) is 0 Å². The molecule has 0 radical (unpaired) electrons. The van der Waals surface area contributed by atoms with E-state index in [-0.39, 0.29) is 22.3 Å². The third-order valence-corrected chi connectivity index (χ3v) is 4.81. The van der Waals surface area contributed by atoms with E-state index in [1.54, 1.807) is 0 Å². The van der Waals surface area contributed by atoms with E-state index in [4.69, 9.17) is 10.00 Å². The van der Waals surface area contributed by atoms with E-state index in [1.807, 2.05) is 6.07 Å². The van der Waals surface area contributed by atoms with Gasteiger partial charge in [0.25, 0.3) is 0 Å². The van der Waals surface area contributed by atoms with Crippen molar-refractivity contribution in [2.75, 3.05) is 32.8 Å². The average Bonchev–Trinajstić information content (AvgIpc) is 3.14. The number of rotatable bonds is 4. The number of nitrogens with zero attached hydrogens (tertiary/aromatic N) is 6. The maximum Gasteiger partial charge on any atom is 0.417 e. The lowest BCUT2D eigenvalue weighted by Gasteiger charge is -2.26. The zero-order valence-electron chi connectivity index (χ0n) is 15.4. The molecule has 150 valence electrons. The van der Waals surface area contributed by atoms with E-state index in [0.717, 1.165) is 19.2 Å². The predicted molar refractivity (Wildman–Crippen MR) is 97.7 cm³/mol. The summed E-state index contributed by atoms with van der Waals surface area (Å²) in [5, 5.41) is 13.2. The summed E-state index contributed by atoms with van der Waals surface area (Å²) < 4.78 is 47.9. The van der Waals surface area contributed by atoms with E-state index >= 15 is 0 Å². The van der Waals surface area contributed by atoms with Crippen LogP contribution in [0.2, 0.25) is 0 Å². The first-order valence-electron chi connectivity index (χ1n) is 9.05. The van der Waals surface area contributed by atoms with Crippen LogP contribution in [0.15, 0.2) is 30.7 Å². The highest BCUT2D eigenvalue weighted by Crippen LogP contribution is 2.36. The first-order valence-corrected chi connectivity index (χ1v) is 9.05. The average molecular weight is 402 g/mol. The molecule has 1 saturated heterocycles. The smallest absolute Gasteiger partial charge is 0.379 e. The standard InChI is InChI=1S/C19H17F3N6O/c20-19(21,22)16-8-17(14-7-13(9-23)10-24-11-14)26-18-15(16)12-25-28(18)2-1-27-3-5-29-6-4-27/h7-8,10-12H,1-6H2. The Balaban J connectivity index is 1.75. The fourth-order valence-electron chi connectivity index (χ4n) is 3.30. The number of ether oxygens (including phenoxy) is 1. The largest absolute Gasteiger partial charge is 0.417 e. The zero-order chi connectivity index (χ0) is 20.4. The lowest BCUT2D eigenvalue weighted by Crippen LogP contribution is -2.38. The summed E-state index contributed by atoms with van der Waals surface area (Å²) in [6.07, 6.45) is -0.616. The number of aromatic nitrogens is 4. The van der Waals surface area contributed by atoms with Crippen molar-refractivity contribution < 1.29 is 17.9 Å². The van der Waals surface area contributed by atoms with Gasteiger partial charge >= 0.3 is 6.18 Å². The van der Waals surface area contributed by atoms with Crippen molar-refractivity contribution in [1.82, 2.24) is 24.6 Å². The predicted octanol–water partition coefficient (Wildman–Crippen LogP) is 2.72. The molecule has 3 aromatic heterocycles. The summed E-state index contributed by atoms with van der Waals surface area (Å²) in [6, 6.07) is 4.39. The van der Waals surface area contributed by atoms with Gasteiger partial charge in [0.1, 0.15) is 6.07 Å². The third kappa shape index (κ3) is 4.06. The number of nitriles is 1. The van der Waals surface area contributed by atoms with Crippen molar-refractivity contribution >= 4 is 11.0 Å². The van der Waals surface area contributed by atoms with Gasteiger partial charge in [-0.05, 0) is 12.1 Å². The monoisotopic (exact) mass is 402 g/mol. The number of hydrogen-bond donors (Lipinski definition) is 0. The maximum atomic E-state index is 13.7. The summed E-state index contributed by atoms with van der Waals surface area (Å²) in [5.41, 5.74) is 0.0432. The quantitative estimate of drug-likeness (QED) is 0.668. The first-order chi connectivity index (χ1) is 14.0. The molecular formula is C19H17F3N6O. The fraction of sp³-hybridized carbons (Fsp3) is 0.368. The third-order valence-electron chi connectivity index (χ3n) is 4.81. The number of pyridine rings is 2. The molecule has 1 fully saturated rings. The van der Waals surface area contributed by atoms with Crippen molar-refractivity contribution in [2.45, 2.75) is 12.7 Å². The van der Waals surface area contributed by atoms with Gasteiger partial charge in [0.15, 0.2) is 5.65 Å². The topological polar surface area (TPSA) is 79.9 Å². The van der Waals surface area contributed by atoms with Gasteiger partial charge in [-0.1, -0.05) is 0 Å².